The highest BCUT2D eigenvalue weighted by atomic mass is 32.2. The minimum atomic E-state index is 0.475. The molecule has 4 heteroatoms. The summed E-state index contributed by atoms with van der Waals surface area (Å²) in [5, 5.41) is 0.475. The van der Waals surface area contributed by atoms with Crippen molar-refractivity contribution in [2.24, 2.45) is 5.73 Å². The maximum absolute atomic E-state index is 5.61. The SMILES string of the molecule is COc1cc(C)c(CSC(C)CN)cc1OC. The van der Waals surface area contributed by atoms with Gasteiger partial charge in [0.15, 0.2) is 11.5 Å². The molecule has 0 aliphatic heterocycles. The predicted molar refractivity (Wildman–Crippen MR) is 74.1 cm³/mol. The molecule has 96 valence electrons. The first-order valence-electron chi connectivity index (χ1n) is 5.65. The Hall–Kier alpha value is -0.870. The lowest BCUT2D eigenvalue weighted by Crippen LogP contribution is -2.12. The predicted octanol–water partition coefficient (Wildman–Crippen LogP) is 2.59. The summed E-state index contributed by atoms with van der Waals surface area (Å²) in [4.78, 5) is 0. The molecule has 0 aliphatic carbocycles. The third-order valence-corrected chi connectivity index (χ3v) is 3.94. The summed E-state index contributed by atoms with van der Waals surface area (Å²) in [6.45, 7) is 4.93. The fraction of sp³-hybridized carbons (Fsp3) is 0.538. The summed E-state index contributed by atoms with van der Waals surface area (Å²) >= 11 is 1.85. The Labute approximate surface area is 108 Å². The van der Waals surface area contributed by atoms with Crippen molar-refractivity contribution in [2.75, 3.05) is 20.8 Å². The van der Waals surface area contributed by atoms with Crippen LogP contribution < -0.4 is 15.2 Å². The minimum absolute atomic E-state index is 0.475. The van der Waals surface area contributed by atoms with Gasteiger partial charge in [0, 0.05) is 17.5 Å². The zero-order valence-corrected chi connectivity index (χ0v) is 11.8. The van der Waals surface area contributed by atoms with Crippen LogP contribution >= 0.6 is 11.8 Å². The van der Waals surface area contributed by atoms with E-state index in [-0.39, 0.29) is 0 Å². The maximum atomic E-state index is 5.61. The average Bonchev–Trinajstić information content (AvgIpc) is 2.36. The van der Waals surface area contributed by atoms with Crippen molar-refractivity contribution in [3.05, 3.63) is 23.3 Å². The summed E-state index contributed by atoms with van der Waals surface area (Å²) in [5.74, 6) is 2.52. The standard InChI is InChI=1S/C13H21NO2S/c1-9-5-12(15-3)13(16-4)6-11(9)8-17-10(2)7-14/h5-6,10H,7-8,14H2,1-4H3. The molecular formula is C13H21NO2S. The van der Waals surface area contributed by atoms with Crippen LogP contribution in [-0.2, 0) is 5.75 Å². The monoisotopic (exact) mass is 255 g/mol. The molecule has 0 fully saturated rings. The topological polar surface area (TPSA) is 44.5 Å². The molecule has 1 atom stereocenters. The van der Waals surface area contributed by atoms with E-state index >= 15 is 0 Å². The fourth-order valence-electron chi connectivity index (χ4n) is 1.48. The van der Waals surface area contributed by atoms with E-state index < -0.39 is 0 Å². The van der Waals surface area contributed by atoms with E-state index in [0.29, 0.717) is 11.8 Å². The number of aryl methyl sites for hydroxylation is 1. The highest BCUT2D eigenvalue weighted by Crippen LogP contribution is 2.32. The van der Waals surface area contributed by atoms with Gasteiger partial charge in [-0.25, -0.2) is 0 Å². The third kappa shape index (κ3) is 3.82. The first-order valence-corrected chi connectivity index (χ1v) is 6.70. The van der Waals surface area contributed by atoms with Crippen molar-refractivity contribution >= 4 is 11.8 Å². The van der Waals surface area contributed by atoms with Gasteiger partial charge in [0.2, 0.25) is 0 Å². The summed E-state index contributed by atoms with van der Waals surface area (Å²) in [5.41, 5.74) is 8.10. The van der Waals surface area contributed by atoms with E-state index in [2.05, 4.69) is 13.8 Å². The van der Waals surface area contributed by atoms with Crippen LogP contribution in [0.2, 0.25) is 0 Å². The molecule has 3 nitrogen and oxygen atoms in total. The number of hydrogen-bond acceptors (Lipinski definition) is 4. The fourth-order valence-corrected chi connectivity index (χ4v) is 2.39. The Morgan fingerprint density at radius 1 is 1.24 bits per heavy atom. The lowest BCUT2D eigenvalue weighted by molar-refractivity contribution is 0.354. The lowest BCUT2D eigenvalue weighted by atomic mass is 10.1. The van der Waals surface area contributed by atoms with Gasteiger partial charge in [0.25, 0.3) is 0 Å². The summed E-state index contributed by atoms with van der Waals surface area (Å²) < 4.78 is 10.6. The number of thioether (sulfide) groups is 1. The third-order valence-electron chi connectivity index (χ3n) is 2.70. The molecule has 1 aromatic carbocycles. The van der Waals surface area contributed by atoms with E-state index in [0.717, 1.165) is 17.3 Å². The van der Waals surface area contributed by atoms with Gasteiger partial charge in [-0.1, -0.05) is 6.92 Å². The number of methoxy groups -OCH3 is 2. The Morgan fingerprint density at radius 2 is 1.82 bits per heavy atom. The van der Waals surface area contributed by atoms with Crippen LogP contribution in [-0.4, -0.2) is 26.0 Å². The molecule has 1 aromatic rings. The van der Waals surface area contributed by atoms with Gasteiger partial charge in [-0.2, -0.15) is 11.8 Å². The van der Waals surface area contributed by atoms with Crippen LogP contribution in [0.15, 0.2) is 12.1 Å². The molecule has 0 bridgehead atoms. The van der Waals surface area contributed by atoms with Gasteiger partial charge in [-0.3, -0.25) is 0 Å². The van der Waals surface area contributed by atoms with E-state index in [4.69, 9.17) is 15.2 Å². The molecule has 17 heavy (non-hydrogen) atoms. The zero-order valence-electron chi connectivity index (χ0n) is 10.9. The maximum Gasteiger partial charge on any atom is 0.161 e. The second-order valence-electron chi connectivity index (χ2n) is 3.99. The Balaban J connectivity index is 2.85. The van der Waals surface area contributed by atoms with Crippen LogP contribution in [0.4, 0.5) is 0 Å². The van der Waals surface area contributed by atoms with E-state index in [9.17, 15) is 0 Å². The summed E-state index contributed by atoms with van der Waals surface area (Å²) in [6.07, 6.45) is 0. The number of hydrogen-bond donors (Lipinski definition) is 1. The summed E-state index contributed by atoms with van der Waals surface area (Å²) in [6, 6.07) is 4.06. The number of rotatable bonds is 6. The normalized spacial score (nSPS) is 12.3. The van der Waals surface area contributed by atoms with Crippen molar-refractivity contribution in [3.63, 3.8) is 0 Å². The average molecular weight is 255 g/mol. The molecule has 0 aromatic heterocycles. The second kappa shape index (κ2) is 6.77. The minimum Gasteiger partial charge on any atom is -0.493 e. The van der Waals surface area contributed by atoms with Crippen LogP contribution in [0.5, 0.6) is 11.5 Å². The van der Waals surface area contributed by atoms with Gasteiger partial charge in [-0.05, 0) is 30.2 Å². The molecule has 0 spiro atoms. The zero-order chi connectivity index (χ0) is 12.8. The van der Waals surface area contributed by atoms with Crippen molar-refractivity contribution < 1.29 is 9.47 Å². The van der Waals surface area contributed by atoms with E-state index in [1.807, 2.05) is 23.9 Å². The van der Waals surface area contributed by atoms with Crippen molar-refractivity contribution in [1.82, 2.24) is 0 Å². The van der Waals surface area contributed by atoms with Crippen LogP contribution in [0.1, 0.15) is 18.1 Å². The van der Waals surface area contributed by atoms with Gasteiger partial charge in [0.05, 0.1) is 14.2 Å². The lowest BCUT2D eigenvalue weighted by Gasteiger charge is -2.14. The molecule has 0 radical (unpaired) electrons. The second-order valence-corrected chi connectivity index (χ2v) is 5.42. The molecule has 2 N–H and O–H groups in total. The van der Waals surface area contributed by atoms with Crippen molar-refractivity contribution in [2.45, 2.75) is 24.9 Å². The van der Waals surface area contributed by atoms with E-state index in [1.165, 1.54) is 11.1 Å². The highest BCUT2D eigenvalue weighted by Gasteiger charge is 2.09. The quantitative estimate of drug-likeness (QED) is 0.848. The molecule has 0 amide bonds. The molecule has 0 aliphatic rings. The number of nitrogens with two attached hydrogens (primary N) is 1. The Kier molecular flexibility index (Phi) is 5.65. The van der Waals surface area contributed by atoms with Gasteiger partial charge in [0.1, 0.15) is 0 Å². The largest absolute Gasteiger partial charge is 0.493 e. The smallest absolute Gasteiger partial charge is 0.161 e. The first kappa shape index (κ1) is 14.2. The number of ether oxygens (including phenoxy) is 2. The molecular weight excluding hydrogens is 234 g/mol. The molecule has 0 saturated carbocycles. The van der Waals surface area contributed by atoms with Crippen LogP contribution in [0.25, 0.3) is 0 Å². The molecule has 0 saturated heterocycles. The van der Waals surface area contributed by atoms with Crippen molar-refractivity contribution in [1.29, 1.82) is 0 Å². The Morgan fingerprint density at radius 3 is 2.35 bits per heavy atom. The summed E-state index contributed by atoms with van der Waals surface area (Å²) in [7, 11) is 3.31. The Bertz CT molecular complexity index is 369. The van der Waals surface area contributed by atoms with Crippen molar-refractivity contribution in [3.8, 4) is 11.5 Å². The molecule has 1 rings (SSSR count). The number of benzene rings is 1. The van der Waals surface area contributed by atoms with E-state index in [1.54, 1.807) is 14.2 Å². The van der Waals surface area contributed by atoms with Crippen LogP contribution in [0.3, 0.4) is 0 Å². The first-order chi connectivity index (χ1) is 8.12. The van der Waals surface area contributed by atoms with Crippen LogP contribution in [0, 0.1) is 6.92 Å². The van der Waals surface area contributed by atoms with Gasteiger partial charge >= 0.3 is 0 Å². The molecule has 1 unspecified atom stereocenters. The highest BCUT2D eigenvalue weighted by molar-refractivity contribution is 7.99. The van der Waals surface area contributed by atoms with Gasteiger partial charge < -0.3 is 15.2 Å². The van der Waals surface area contributed by atoms with Gasteiger partial charge in [-0.15, -0.1) is 0 Å². The molecule has 0 heterocycles.